The average molecular weight is 479 g/mol. The number of amides is 2. The number of ether oxygens (including phenoxy) is 4. The Balaban J connectivity index is 2.19. The molecule has 0 aliphatic rings. The van der Waals surface area contributed by atoms with Gasteiger partial charge in [0.25, 0.3) is 11.8 Å². The minimum absolute atomic E-state index is 0.0873. The summed E-state index contributed by atoms with van der Waals surface area (Å²) in [4.78, 5) is 51.4. The minimum atomic E-state index is -0.765. The maximum absolute atomic E-state index is 12.5. The Morgan fingerprint density at radius 3 is 2.09 bits per heavy atom. The standard InChI is InChI=1S/C22H26N2O8S/c1-7-31-22(28)17-12(2)18(20(26)24(3)4)33-19(17)23-16(25)11-32-21(27)13-8-14(29-5)10-15(9-13)30-6/h8-10H,7,11H2,1-6H3,(H,23,25). The molecule has 2 amide bonds. The normalized spacial score (nSPS) is 10.2. The van der Waals surface area contributed by atoms with Gasteiger partial charge in [-0.3, -0.25) is 9.59 Å². The molecule has 11 heteroatoms. The lowest BCUT2D eigenvalue weighted by molar-refractivity contribution is -0.119. The molecule has 33 heavy (non-hydrogen) atoms. The molecule has 0 aliphatic carbocycles. The van der Waals surface area contributed by atoms with Crippen molar-refractivity contribution in [1.29, 1.82) is 0 Å². The number of nitrogens with one attached hydrogen (secondary N) is 1. The van der Waals surface area contributed by atoms with Crippen molar-refractivity contribution in [1.82, 2.24) is 4.90 Å². The number of nitrogens with zero attached hydrogens (tertiary/aromatic N) is 1. The van der Waals surface area contributed by atoms with E-state index in [1.54, 1.807) is 34.0 Å². The van der Waals surface area contributed by atoms with Gasteiger partial charge in [0.2, 0.25) is 0 Å². The van der Waals surface area contributed by atoms with Crippen LogP contribution in [0.25, 0.3) is 0 Å². The topological polar surface area (TPSA) is 120 Å². The first-order valence-electron chi connectivity index (χ1n) is 9.85. The quantitative estimate of drug-likeness (QED) is 0.546. The zero-order chi connectivity index (χ0) is 24.7. The summed E-state index contributed by atoms with van der Waals surface area (Å²) in [5.41, 5.74) is 0.620. The minimum Gasteiger partial charge on any atom is -0.497 e. The molecule has 0 atom stereocenters. The third-order valence-corrected chi connectivity index (χ3v) is 5.60. The van der Waals surface area contributed by atoms with Gasteiger partial charge in [0.15, 0.2) is 6.61 Å². The lowest BCUT2D eigenvalue weighted by atomic mass is 10.1. The van der Waals surface area contributed by atoms with E-state index in [0.717, 1.165) is 11.3 Å². The number of carbonyl (C=O) groups is 4. The highest BCUT2D eigenvalue weighted by Gasteiger charge is 2.27. The van der Waals surface area contributed by atoms with E-state index in [4.69, 9.17) is 18.9 Å². The molecule has 1 aromatic carbocycles. The molecule has 0 aliphatic heterocycles. The summed E-state index contributed by atoms with van der Waals surface area (Å²) in [5.74, 6) is -1.66. The first-order chi connectivity index (χ1) is 15.6. The third-order valence-electron chi connectivity index (χ3n) is 4.40. The molecule has 0 spiro atoms. The van der Waals surface area contributed by atoms with Crippen LogP contribution in [0, 0.1) is 6.92 Å². The van der Waals surface area contributed by atoms with Gasteiger partial charge in [-0.2, -0.15) is 0 Å². The lowest BCUT2D eigenvalue weighted by Crippen LogP contribution is -2.22. The van der Waals surface area contributed by atoms with Crippen molar-refractivity contribution in [2.45, 2.75) is 13.8 Å². The Hall–Kier alpha value is -3.60. The van der Waals surface area contributed by atoms with E-state index in [9.17, 15) is 19.2 Å². The van der Waals surface area contributed by atoms with E-state index in [1.807, 2.05) is 0 Å². The molecule has 1 aromatic heterocycles. The molecule has 178 valence electrons. The van der Waals surface area contributed by atoms with E-state index < -0.39 is 24.5 Å². The maximum Gasteiger partial charge on any atom is 0.341 e. The first kappa shape index (κ1) is 25.7. The van der Waals surface area contributed by atoms with Crippen molar-refractivity contribution < 1.29 is 38.1 Å². The van der Waals surface area contributed by atoms with Crippen LogP contribution >= 0.6 is 11.3 Å². The molecule has 2 aromatic rings. The van der Waals surface area contributed by atoms with Gasteiger partial charge in [0.05, 0.1) is 36.8 Å². The number of anilines is 1. The van der Waals surface area contributed by atoms with E-state index in [0.29, 0.717) is 21.9 Å². The van der Waals surface area contributed by atoms with Crippen molar-refractivity contribution in [2.75, 3.05) is 46.8 Å². The summed E-state index contributed by atoms with van der Waals surface area (Å²) >= 11 is 0.948. The van der Waals surface area contributed by atoms with E-state index in [-0.39, 0.29) is 28.6 Å². The van der Waals surface area contributed by atoms with Crippen molar-refractivity contribution >= 4 is 40.1 Å². The van der Waals surface area contributed by atoms with Crippen LogP contribution in [0.15, 0.2) is 18.2 Å². The summed E-state index contributed by atoms with van der Waals surface area (Å²) in [6.45, 7) is 2.76. The fraction of sp³-hybridized carbons (Fsp3) is 0.364. The summed E-state index contributed by atoms with van der Waals surface area (Å²) in [6.07, 6.45) is 0. The molecule has 0 saturated carbocycles. The molecule has 0 radical (unpaired) electrons. The Bertz CT molecular complexity index is 1040. The van der Waals surface area contributed by atoms with Crippen LogP contribution in [0.5, 0.6) is 11.5 Å². The van der Waals surface area contributed by atoms with Gasteiger partial charge in [-0.1, -0.05) is 0 Å². The Morgan fingerprint density at radius 2 is 1.58 bits per heavy atom. The molecule has 0 saturated heterocycles. The van der Waals surface area contributed by atoms with Gasteiger partial charge >= 0.3 is 11.9 Å². The van der Waals surface area contributed by atoms with Gasteiger partial charge in [-0.25, -0.2) is 9.59 Å². The van der Waals surface area contributed by atoms with Gasteiger partial charge in [-0.05, 0) is 31.5 Å². The molecule has 10 nitrogen and oxygen atoms in total. The number of hydrogen-bond acceptors (Lipinski definition) is 9. The van der Waals surface area contributed by atoms with Gasteiger partial charge in [-0.15, -0.1) is 11.3 Å². The summed E-state index contributed by atoms with van der Waals surface area (Å²) < 4.78 is 20.4. The highest BCUT2D eigenvalue weighted by atomic mass is 32.1. The van der Waals surface area contributed by atoms with Crippen LogP contribution in [0.2, 0.25) is 0 Å². The molecular weight excluding hydrogens is 452 g/mol. The zero-order valence-corrected chi connectivity index (χ0v) is 20.1. The number of esters is 2. The molecule has 0 fully saturated rings. The van der Waals surface area contributed by atoms with Gasteiger partial charge in [0, 0.05) is 20.2 Å². The SMILES string of the molecule is CCOC(=O)c1c(NC(=O)COC(=O)c2cc(OC)cc(OC)c2)sc(C(=O)N(C)C)c1C. The fourth-order valence-electron chi connectivity index (χ4n) is 2.76. The summed E-state index contributed by atoms with van der Waals surface area (Å²) in [6, 6.07) is 4.49. The second-order valence-corrected chi connectivity index (χ2v) is 7.93. The molecule has 1 N–H and O–H groups in total. The molecular formula is C22H26N2O8S. The fourth-order valence-corrected chi connectivity index (χ4v) is 3.99. The van der Waals surface area contributed by atoms with Crippen molar-refractivity contribution in [3.8, 4) is 11.5 Å². The smallest absolute Gasteiger partial charge is 0.341 e. The first-order valence-corrected chi connectivity index (χ1v) is 10.7. The number of hydrogen-bond donors (Lipinski definition) is 1. The predicted molar refractivity (Wildman–Crippen MR) is 121 cm³/mol. The molecule has 0 bridgehead atoms. The highest BCUT2D eigenvalue weighted by Crippen LogP contribution is 2.34. The second-order valence-electron chi connectivity index (χ2n) is 6.91. The van der Waals surface area contributed by atoms with Crippen LogP contribution in [-0.2, 0) is 14.3 Å². The number of rotatable bonds is 9. The Morgan fingerprint density at radius 1 is 0.970 bits per heavy atom. The monoisotopic (exact) mass is 478 g/mol. The highest BCUT2D eigenvalue weighted by molar-refractivity contribution is 7.18. The van der Waals surface area contributed by atoms with Crippen LogP contribution in [0.4, 0.5) is 5.00 Å². The Kier molecular flexibility index (Phi) is 8.80. The van der Waals surface area contributed by atoms with Crippen LogP contribution in [-0.4, -0.2) is 70.2 Å². The third kappa shape index (κ3) is 6.22. The average Bonchev–Trinajstić information content (AvgIpc) is 3.11. The van der Waals surface area contributed by atoms with Crippen LogP contribution in [0.3, 0.4) is 0 Å². The molecule has 0 unspecified atom stereocenters. The van der Waals surface area contributed by atoms with E-state index in [2.05, 4.69) is 5.32 Å². The van der Waals surface area contributed by atoms with Crippen LogP contribution < -0.4 is 14.8 Å². The van der Waals surface area contributed by atoms with Gasteiger partial charge in [0.1, 0.15) is 16.5 Å². The van der Waals surface area contributed by atoms with Crippen molar-refractivity contribution in [3.05, 3.63) is 39.8 Å². The zero-order valence-electron chi connectivity index (χ0n) is 19.3. The number of methoxy groups -OCH3 is 2. The van der Waals surface area contributed by atoms with Gasteiger partial charge < -0.3 is 29.2 Å². The molecule has 2 rings (SSSR count). The maximum atomic E-state index is 12.5. The number of carbonyl (C=O) groups excluding carboxylic acids is 4. The number of thiophene rings is 1. The van der Waals surface area contributed by atoms with Crippen molar-refractivity contribution in [3.63, 3.8) is 0 Å². The summed E-state index contributed by atoms with van der Waals surface area (Å²) in [7, 11) is 6.04. The van der Waals surface area contributed by atoms with Crippen LogP contribution in [0.1, 0.15) is 42.9 Å². The van der Waals surface area contributed by atoms with E-state index >= 15 is 0 Å². The Labute approximate surface area is 195 Å². The number of benzene rings is 1. The lowest BCUT2D eigenvalue weighted by Gasteiger charge is -2.09. The second kappa shape index (κ2) is 11.3. The van der Waals surface area contributed by atoms with Crippen molar-refractivity contribution in [2.24, 2.45) is 0 Å². The largest absolute Gasteiger partial charge is 0.497 e. The molecule has 1 heterocycles. The van der Waals surface area contributed by atoms with E-state index in [1.165, 1.54) is 31.3 Å². The predicted octanol–water partition coefficient (Wildman–Crippen LogP) is 2.75. The summed E-state index contributed by atoms with van der Waals surface area (Å²) in [5, 5.41) is 2.68.